The van der Waals surface area contributed by atoms with Gasteiger partial charge in [0, 0.05) is 5.56 Å². The second kappa shape index (κ2) is 5.76. The fourth-order valence-electron chi connectivity index (χ4n) is 3.17. The Morgan fingerprint density at radius 1 is 1.10 bits per heavy atom. The lowest BCUT2D eigenvalue weighted by atomic mass is 9.84. The van der Waals surface area contributed by atoms with E-state index in [0.717, 1.165) is 25.3 Å². The molecular weight excluding hydrogens is 265 g/mol. The lowest BCUT2D eigenvalue weighted by molar-refractivity contribution is 0.0149. The highest BCUT2D eigenvalue weighted by Gasteiger charge is 2.36. The van der Waals surface area contributed by atoms with Gasteiger partial charge in [-0.05, 0) is 43.6 Å². The zero-order valence-electron chi connectivity index (χ0n) is 11.9. The molecule has 112 valence electrons. The van der Waals surface area contributed by atoms with E-state index >= 15 is 0 Å². The van der Waals surface area contributed by atoms with Crippen LogP contribution in [0.4, 0.5) is 13.2 Å². The van der Waals surface area contributed by atoms with Crippen LogP contribution in [0.5, 0.6) is 0 Å². The van der Waals surface area contributed by atoms with Crippen LogP contribution in [0.1, 0.15) is 51.5 Å². The number of halogens is 3. The smallest absolute Gasteiger partial charge is 0.194 e. The molecule has 0 radical (unpaired) electrons. The minimum Gasteiger partial charge on any atom is -0.385 e. The van der Waals surface area contributed by atoms with Gasteiger partial charge in [-0.15, -0.1) is 0 Å². The lowest BCUT2D eigenvalue weighted by Crippen LogP contribution is -2.27. The third kappa shape index (κ3) is 2.85. The van der Waals surface area contributed by atoms with E-state index in [0.29, 0.717) is 24.7 Å². The van der Waals surface area contributed by atoms with Crippen molar-refractivity contribution in [3.05, 3.63) is 35.1 Å². The summed E-state index contributed by atoms with van der Waals surface area (Å²) in [6.45, 7) is 4.26. The molecule has 4 heteroatoms. The Morgan fingerprint density at radius 2 is 1.80 bits per heavy atom. The Kier molecular flexibility index (Phi) is 4.43. The lowest BCUT2D eigenvalue weighted by Gasteiger charge is -2.28. The zero-order valence-corrected chi connectivity index (χ0v) is 11.9. The maximum Gasteiger partial charge on any atom is 0.194 e. The topological polar surface area (TPSA) is 20.2 Å². The summed E-state index contributed by atoms with van der Waals surface area (Å²) in [7, 11) is 0. The Hall–Kier alpha value is -1.03. The van der Waals surface area contributed by atoms with Gasteiger partial charge in [0.2, 0.25) is 0 Å². The molecule has 1 fully saturated rings. The SMILES string of the molecule is CC(C)C1CCCC(O)(c2ccc(F)c(F)c2F)CC1. The molecule has 0 aliphatic heterocycles. The van der Waals surface area contributed by atoms with Crippen molar-refractivity contribution in [2.75, 3.05) is 0 Å². The van der Waals surface area contributed by atoms with E-state index in [1.807, 2.05) is 0 Å². The van der Waals surface area contributed by atoms with E-state index in [-0.39, 0.29) is 5.56 Å². The van der Waals surface area contributed by atoms with Gasteiger partial charge >= 0.3 is 0 Å². The third-order valence-corrected chi connectivity index (χ3v) is 4.57. The van der Waals surface area contributed by atoms with E-state index < -0.39 is 23.1 Å². The molecule has 2 rings (SSSR count). The summed E-state index contributed by atoms with van der Waals surface area (Å²) in [5.74, 6) is -2.98. The van der Waals surface area contributed by atoms with Gasteiger partial charge in [-0.1, -0.05) is 26.3 Å². The number of benzene rings is 1. The predicted molar refractivity (Wildman–Crippen MR) is 71.6 cm³/mol. The van der Waals surface area contributed by atoms with Crippen molar-refractivity contribution in [2.24, 2.45) is 11.8 Å². The number of rotatable bonds is 2. The average molecular weight is 286 g/mol. The van der Waals surface area contributed by atoms with E-state index in [4.69, 9.17) is 0 Å². The van der Waals surface area contributed by atoms with Crippen LogP contribution in [-0.4, -0.2) is 5.11 Å². The first-order valence-corrected chi connectivity index (χ1v) is 7.21. The van der Waals surface area contributed by atoms with E-state index in [2.05, 4.69) is 13.8 Å². The van der Waals surface area contributed by atoms with Crippen molar-refractivity contribution in [2.45, 2.75) is 51.6 Å². The standard InChI is InChI=1S/C16H21F3O/c1-10(2)11-4-3-8-16(20,9-7-11)12-5-6-13(17)15(19)14(12)18/h5-6,10-11,20H,3-4,7-9H2,1-2H3. The third-order valence-electron chi connectivity index (χ3n) is 4.57. The first kappa shape index (κ1) is 15.4. The fraction of sp³-hybridized carbons (Fsp3) is 0.625. The summed E-state index contributed by atoms with van der Waals surface area (Å²) < 4.78 is 40.3. The molecule has 0 bridgehead atoms. The summed E-state index contributed by atoms with van der Waals surface area (Å²) in [5.41, 5.74) is -1.50. The maximum absolute atomic E-state index is 13.9. The highest BCUT2D eigenvalue weighted by atomic mass is 19.2. The molecule has 2 atom stereocenters. The summed E-state index contributed by atoms with van der Waals surface area (Å²) in [5, 5.41) is 10.7. The molecule has 0 heterocycles. The van der Waals surface area contributed by atoms with Gasteiger partial charge in [0.1, 0.15) is 0 Å². The minimum absolute atomic E-state index is 0.110. The molecule has 1 nitrogen and oxygen atoms in total. The van der Waals surface area contributed by atoms with Crippen LogP contribution in [0.2, 0.25) is 0 Å². The van der Waals surface area contributed by atoms with Crippen molar-refractivity contribution in [3.8, 4) is 0 Å². The zero-order chi connectivity index (χ0) is 14.9. The Bertz CT molecular complexity index is 487. The van der Waals surface area contributed by atoms with Crippen molar-refractivity contribution >= 4 is 0 Å². The first-order chi connectivity index (χ1) is 9.35. The number of aliphatic hydroxyl groups is 1. The fourth-order valence-corrected chi connectivity index (χ4v) is 3.17. The predicted octanol–water partition coefficient (Wildman–Crippen LogP) is 4.53. The normalized spacial score (nSPS) is 27.6. The van der Waals surface area contributed by atoms with Crippen LogP contribution in [0, 0.1) is 29.3 Å². The van der Waals surface area contributed by atoms with Crippen LogP contribution in [0.15, 0.2) is 12.1 Å². The Balaban J connectivity index is 2.29. The van der Waals surface area contributed by atoms with Gasteiger partial charge in [0.05, 0.1) is 5.60 Å². The van der Waals surface area contributed by atoms with Crippen LogP contribution in [0.3, 0.4) is 0 Å². The second-order valence-electron chi connectivity index (χ2n) is 6.19. The van der Waals surface area contributed by atoms with Crippen LogP contribution < -0.4 is 0 Å². The van der Waals surface area contributed by atoms with Crippen molar-refractivity contribution in [1.82, 2.24) is 0 Å². The molecule has 2 unspecified atom stereocenters. The molecule has 20 heavy (non-hydrogen) atoms. The van der Waals surface area contributed by atoms with Gasteiger partial charge in [0.15, 0.2) is 17.5 Å². The maximum atomic E-state index is 13.9. The highest BCUT2D eigenvalue weighted by molar-refractivity contribution is 5.26. The van der Waals surface area contributed by atoms with E-state index in [9.17, 15) is 18.3 Å². The van der Waals surface area contributed by atoms with Crippen LogP contribution in [0.25, 0.3) is 0 Å². The number of hydrogen-bond acceptors (Lipinski definition) is 1. The number of hydrogen-bond donors (Lipinski definition) is 1. The summed E-state index contributed by atoms with van der Waals surface area (Å²) >= 11 is 0. The molecular formula is C16H21F3O. The van der Waals surface area contributed by atoms with Crippen molar-refractivity contribution in [3.63, 3.8) is 0 Å². The molecule has 0 amide bonds. The van der Waals surface area contributed by atoms with Gasteiger partial charge in [-0.3, -0.25) is 0 Å². The summed E-state index contributed by atoms with van der Waals surface area (Å²) in [4.78, 5) is 0. The van der Waals surface area contributed by atoms with Crippen molar-refractivity contribution < 1.29 is 18.3 Å². The minimum atomic E-state index is -1.50. The molecule has 0 saturated heterocycles. The monoisotopic (exact) mass is 286 g/mol. The van der Waals surface area contributed by atoms with Gasteiger partial charge < -0.3 is 5.11 Å². The molecule has 1 aliphatic rings. The second-order valence-corrected chi connectivity index (χ2v) is 6.19. The largest absolute Gasteiger partial charge is 0.385 e. The average Bonchev–Trinajstić information content (AvgIpc) is 2.59. The molecule has 1 saturated carbocycles. The van der Waals surface area contributed by atoms with Crippen molar-refractivity contribution in [1.29, 1.82) is 0 Å². The Labute approximate surface area is 117 Å². The summed E-state index contributed by atoms with van der Waals surface area (Å²) in [6, 6.07) is 2.06. The summed E-state index contributed by atoms with van der Waals surface area (Å²) in [6.07, 6.45) is 3.28. The molecule has 0 aromatic heterocycles. The quantitative estimate of drug-likeness (QED) is 0.625. The molecule has 1 N–H and O–H groups in total. The van der Waals surface area contributed by atoms with Gasteiger partial charge in [-0.2, -0.15) is 0 Å². The molecule has 1 aromatic carbocycles. The van der Waals surface area contributed by atoms with Crippen LogP contribution in [-0.2, 0) is 5.60 Å². The van der Waals surface area contributed by atoms with Gasteiger partial charge in [-0.25, -0.2) is 13.2 Å². The van der Waals surface area contributed by atoms with E-state index in [1.54, 1.807) is 0 Å². The highest BCUT2D eigenvalue weighted by Crippen LogP contribution is 2.41. The van der Waals surface area contributed by atoms with Gasteiger partial charge in [0.25, 0.3) is 0 Å². The molecule has 0 spiro atoms. The molecule has 1 aromatic rings. The van der Waals surface area contributed by atoms with Crippen LogP contribution >= 0.6 is 0 Å². The van der Waals surface area contributed by atoms with E-state index in [1.165, 1.54) is 6.07 Å². The molecule has 1 aliphatic carbocycles. The first-order valence-electron chi connectivity index (χ1n) is 7.21. The Morgan fingerprint density at radius 3 is 2.45 bits per heavy atom.